The lowest BCUT2D eigenvalue weighted by Crippen LogP contribution is -2.46. The summed E-state index contributed by atoms with van der Waals surface area (Å²) >= 11 is 0. The molecule has 0 saturated carbocycles. The number of amides is 1. The summed E-state index contributed by atoms with van der Waals surface area (Å²) in [6.45, 7) is 1.31. The highest BCUT2D eigenvalue weighted by Crippen LogP contribution is 2.42. The van der Waals surface area contributed by atoms with Gasteiger partial charge >= 0.3 is 5.97 Å². The van der Waals surface area contributed by atoms with Gasteiger partial charge in [-0.15, -0.1) is 0 Å². The van der Waals surface area contributed by atoms with Crippen LogP contribution in [0.5, 0.6) is 0 Å². The third-order valence-electron chi connectivity index (χ3n) is 5.11. The Labute approximate surface area is 144 Å². The molecule has 0 aromatic carbocycles. The van der Waals surface area contributed by atoms with Crippen LogP contribution in [0, 0.1) is 11.3 Å². The number of rotatable bonds is 3. The van der Waals surface area contributed by atoms with Gasteiger partial charge in [0.15, 0.2) is 5.82 Å². The summed E-state index contributed by atoms with van der Waals surface area (Å²) in [5.74, 6) is -0.607. The first kappa shape index (κ1) is 15.8. The summed E-state index contributed by atoms with van der Waals surface area (Å²) in [7, 11) is 0. The number of carbonyl (C=O) groups is 2. The van der Waals surface area contributed by atoms with E-state index in [-0.39, 0.29) is 25.0 Å². The van der Waals surface area contributed by atoms with Crippen molar-refractivity contribution in [1.29, 1.82) is 0 Å². The largest absolute Gasteiger partial charge is 0.481 e. The van der Waals surface area contributed by atoms with E-state index in [1.54, 1.807) is 46.4 Å². The summed E-state index contributed by atoms with van der Waals surface area (Å²) in [6, 6.07) is 5.08. The molecule has 0 aliphatic carbocycles. The van der Waals surface area contributed by atoms with Crippen molar-refractivity contribution in [1.82, 2.24) is 19.7 Å². The second kappa shape index (κ2) is 5.96. The van der Waals surface area contributed by atoms with Crippen molar-refractivity contribution < 1.29 is 19.4 Å². The van der Waals surface area contributed by atoms with Gasteiger partial charge in [-0.25, -0.2) is 9.67 Å². The zero-order chi connectivity index (χ0) is 17.4. The lowest BCUT2D eigenvalue weighted by atomic mass is 9.76. The SMILES string of the molecule is O=C(c1ccnc(-n2cccn2)c1)N1C[C@H]2CCOC[C@@]2(C(=O)O)C1. The maximum Gasteiger partial charge on any atom is 0.314 e. The van der Waals surface area contributed by atoms with Gasteiger partial charge in [-0.3, -0.25) is 9.59 Å². The first-order chi connectivity index (χ1) is 12.1. The predicted octanol–water partition coefficient (Wildman–Crippen LogP) is 0.831. The topological polar surface area (TPSA) is 97.5 Å². The van der Waals surface area contributed by atoms with Crippen LogP contribution < -0.4 is 0 Å². The highest BCUT2D eigenvalue weighted by Gasteiger charge is 2.55. The zero-order valence-electron chi connectivity index (χ0n) is 13.5. The smallest absolute Gasteiger partial charge is 0.314 e. The van der Waals surface area contributed by atoms with E-state index in [0.717, 1.165) is 0 Å². The van der Waals surface area contributed by atoms with Crippen LogP contribution in [0.4, 0.5) is 0 Å². The molecule has 8 nitrogen and oxygen atoms in total. The van der Waals surface area contributed by atoms with Gasteiger partial charge in [0.1, 0.15) is 5.41 Å². The van der Waals surface area contributed by atoms with E-state index in [2.05, 4.69) is 10.1 Å². The Kier molecular flexibility index (Phi) is 3.76. The molecule has 4 heterocycles. The summed E-state index contributed by atoms with van der Waals surface area (Å²) in [4.78, 5) is 30.6. The van der Waals surface area contributed by atoms with E-state index < -0.39 is 11.4 Å². The number of carboxylic acids is 1. The minimum absolute atomic E-state index is 0.0740. The van der Waals surface area contributed by atoms with Crippen molar-refractivity contribution in [2.24, 2.45) is 11.3 Å². The van der Waals surface area contributed by atoms with Crippen LogP contribution in [0.1, 0.15) is 16.8 Å². The van der Waals surface area contributed by atoms with Gasteiger partial charge in [0.25, 0.3) is 5.91 Å². The summed E-state index contributed by atoms with van der Waals surface area (Å²) in [5.41, 5.74) is -0.522. The number of ether oxygens (including phenoxy) is 1. The van der Waals surface area contributed by atoms with Crippen LogP contribution in [0.15, 0.2) is 36.8 Å². The third kappa shape index (κ3) is 2.58. The van der Waals surface area contributed by atoms with Crippen molar-refractivity contribution in [3.8, 4) is 5.82 Å². The molecular formula is C17H18N4O4. The molecule has 2 saturated heterocycles. The van der Waals surface area contributed by atoms with E-state index in [4.69, 9.17) is 4.74 Å². The molecule has 0 radical (unpaired) electrons. The standard InChI is InChI=1S/C17H18N4O4/c22-15(12-2-5-18-14(8-12)21-6-1-4-19-21)20-9-13-3-7-25-11-17(13,10-20)16(23)24/h1-2,4-6,8,13H,3,7,9-11H2,(H,23,24)/t13-,17+/m1/s1. The quantitative estimate of drug-likeness (QED) is 0.887. The van der Waals surface area contributed by atoms with Gasteiger partial charge in [-0.1, -0.05) is 0 Å². The molecule has 2 aromatic heterocycles. The molecule has 2 fully saturated rings. The Morgan fingerprint density at radius 1 is 1.36 bits per heavy atom. The van der Waals surface area contributed by atoms with E-state index in [1.165, 1.54) is 0 Å². The molecule has 2 aromatic rings. The number of pyridine rings is 1. The van der Waals surface area contributed by atoms with Gasteiger partial charge in [-0.2, -0.15) is 5.10 Å². The Hall–Kier alpha value is -2.74. The fraction of sp³-hybridized carbons (Fsp3) is 0.412. The van der Waals surface area contributed by atoms with Crippen molar-refractivity contribution in [2.45, 2.75) is 6.42 Å². The molecule has 1 amide bonds. The van der Waals surface area contributed by atoms with Crippen LogP contribution in [-0.2, 0) is 9.53 Å². The second-order valence-electron chi connectivity index (χ2n) is 6.54. The maximum absolute atomic E-state index is 12.9. The first-order valence-corrected chi connectivity index (χ1v) is 8.17. The fourth-order valence-corrected chi connectivity index (χ4v) is 3.71. The van der Waals surface area contributed by atoms with Gasteiger partial charge in [-0.05, 0) is 30.5 Å². The molecule has 2 aliphatic heterocycles. The fourth-order valence-electron chi connectivity index (χ4n) is 3.71. The van der Waals surface area contributed by atoms with Gasteiger partial charge in [0, 0.05) is 43.9 Å². The van der Waals surface area contributed by atoms with Crippen LogP contribution in [0.3, 0.4) is 0 Å². The number of aromatic nitrogens is 3. The van der Waals surface area contributed by atoms with Crippen LogP contribution >= 0.6 is 0 Å². The first-order valence-electron chi connectivity index (χ1n) is 8.17. The Balaban J connectivity index is 1.60. The van der Waals surface area contributed by atoms with Crippen molar-refractivity contribution in [3.05, 3.63) is 42.4 Å². The average molecular weight is 342 g/mol. The highest BCUT2D eigenvalue weighted by molar-refractivity contribution is 5.95. The molecule has 130 valence electrons. The van der Waals surface area contributed by atoms with E-state index in [0.29, 0.717) is 31.0 Å². The van der Waals surface area contributed by atoms with Crippen molar-refractivity contribution >= 4 is 11.9 Å². The molecule has 25 heavy (non-hydrogen) atoms. The number of nitrogens with zero attached hydrogens (tertiary/aromatic N) is 4. The molecular weight excluding hydrogens is 324 g/mol. The molecule has 0 bridgehead atoms. The minimum atomic E-state index is -0.994. The van der Waals surface area contributed by atoms with E-state index in [1.807, 2.05) is 0 Å². The third-order valence-corrected chi connectivity index (χ3v) is 5.11. The average Bonchev–Trinajstić information content (AvgIpc) is 3.29. The number of carbonyl (C=O) groups excluding carboxylic acids is 1. The number of hydrogen-bond acceptors (Lipinski definition) is 5. The molecule has 4 rings (SSSR count). The molecule has 2 aliphatic rings. The molecule has 0 unspecified atom stereocenters. The normalized spacial score (nSPS) is 25.6. The van der Waals surface area contributed by atoms with Crippen LogP contribution in [-0.4, -0.2) is 63.0 Å². The van der Waals surface area contributed by atoms with Gasteiger partial charge in [0.05, 0.1) is 6.61 Å². The van der Waals surface area contributed by atoms with Crippen molar-refractivity contribution in [2.75, 3.05) is 26.3 Å². The predicted molar refractivity (Wildman–Crippen MR) is 86.3 cm³/mol. The second-order valence-corrected chi connectivity index (χ2v) is 6.54. The molecule has 8 heteroatoms. The van der Waals surface area contributed by atoms with Gasteiger partial charge in [0.2, 0.25) is 0 Å². The van der Waals surface area contributed by atoms with E-state index in [9.17, 15) is 14.7 Å². The Morgan fingerprint density at radius 3 is 2.96 bits per heavy atom. The number of hydrogen-bond donors (Lipinski definition) is 1. The molecule has 2 atom stereocenters. The number of fused-ring (bicyclic) bond motifs is 1. The summed E-state index contributed by atoms with van der Waals surface area (Å²) < 4.78 is 6.99. The molecule has 0 spiro atoms. The Bertz CT molecular complexity index is 807. The van der Waals surface area contributed by atoms with Gasteiger partial charge < -0.3 is 14.7 Å². The summed E-state index contributed by atoms with van der Waals surface area (Å²) in [6.07, 6.45) is 5.60. The number of carboxylic acid groups (broad SMARTS) is 1. The summed E-state index contributed by atoms with van der Waals surface area (Å²) in [5, 5.41) is 13.8. The lowest BCUT2D eigenvalue weighted by molar-refractivity contribution is -0.159. The Morgan fingerprint density at radius 2 is 2.24 bits per heavy atom. The molecule has 1 N–H and O–H groups in total. The van der Waals surface area contributed by atoms with Crippen LogP contribution in [0.25, 0.3) is 5.82 Å². The zero-order valence-corrected chi connectivity index (χ0v) is 13.5. The van der Waals surface area contributed by atoms with Crippen molar-refractivity contribution in [3.63, 3.8) is 0 Å². The van der Waals surface area contributed by atoms with Crippen LogP contribution in [0.2, 0.25) is 0 Å². The lowest BCUT2D eigenvalue weighted by Gasteiger charge is -2.33. The number of likely N-dealkylation sites (tertiary alicyclic amines) is 1. The number of aliphatic carboxylic acids is 1. The minimum Gasteiger partial charge on any atom is -0.481 e. The monoisotopic (exact) mass is 342 g/mol. The maximum atomic E-state index is 12.9. The van der Waals surface area contributed by atoms with E-state index >= 15 is 0 Å². The highest BCUT2D eigenvalue weighted by atomic mass is 16.5.